The first-order valence-corrected chi connectivity index (χ1v) is 8.57. The number of alkyl halides is 1. The summed E-state index contributed by atoms with van der Waals surface area (Å²) in [6.45, 7) is 0.531. The lowest BCUT2D eigenvalue weighted by molar-refractivity contribution is 0.246. The Morgan fingerprint density at radius 2 is 2.12 bits per heavy atom. The lowest BCUT2D eigenvalue weighted by Gasteiger charge is -2.24. The Labute approximate surface area is 153 Å². The van der Waals surface area contributed by atoms with Crippen molar-refractivity contribution in [3.8, 4) is 5.75 Å². The Hall–Kier alpha value is -1.79. The Balaban J connectivity index is 2.16. The standard InChI is InChI=1S/C17H17BrClFN2O2/c1-24-16-10-13(18)5-6-15(16)22(8-7-19)17(23)21-11-12-3-2-4-14(20)9-12/h2-6,9-10H,7-8,11H2,1H3,(H,21,23). The minimum Gasteiger partial charge on any atom is -0.495 e. The largest absolute Gasteiger partial charge is 0.495 e. The molecule has 128 valence electrons. The van der Waals surface area contributed by atoms with Crippen molar-refractivity contribution in [3.63, 3.8) is 0 Å². The van der Waals surface area contributed by atoms with Crippen molar-refractivity contribution in [1.29, 1.82) is 0 Å². The molecule has 0 radical (unpaired) electrons. The Morgan fingerprint density at radius 1 is 1.33 bits per heavy atom. The first-order valence-electron chi connectivity index (χ1n) is 7.24. The molecule has 0 spiro atoms. The average Bonchev–Trinajstić information content (AvgIpc) is 2.58. The Bertz CT molecular complexity index is 715. The summed E-state index contributed by atoms with van der Waals surface area (Å²) < 4.78 is 19.4. The van der Waals surface area contributed by atoms with Crippen LogP contribution >= 0.6 is 27.5 Å². The van der Waals surface area contributed by atoms with Gasteiger partial charge in [-0.2, -0.15) is 0 Å². The van der Waals surface area contributed by atoms with Crippen molar-refractivity contribution >= 4 is 39.2 Å². The lowest BCUT2D eigenvalue weighted by Crippen LogP contribution is -2.41. The van der Waals surface area contributed by atoms with E-state index in [0.29, 0.717) is 23.5 Å². The topological polar surface area (TPSA) is 41.6 Å². The molecule has 0 aliphatic heterocycles. The predicted octanol–water partition coefficient (Wildman–Crippen LogP) is 4.55. The maximum atomic E-state index is 13.2. The number of carbonyl (C=O) groups is 1. The van der Waals surface area contributed by atoms with Crippen molar-refractivity contribution in [2.45, 2.75) is 6.54 Å². The summed E-state index contributed by atoms with van der Waals surface area (Å²) in [5.74, 6) is 0.483. The van der Waals surface area contributed by atoms with Gasteiger partial charge in [-0.1, -0.05) is 28.1 Å². The highest BCUT2D eigenvalue weighted by Gasteiger charge is 2.19. The number of urea groups is 1. The van der Waals surface area contributed by atoms with Gasteiger partial charge in [-0.25, -0.2) is 9.18 Å². The predicted molar refractivity (Wildman–Crippen MR) is 97.4 cm³/mol. The number of rotatable bonds is 6. The second kappa shape index (κ2) is 8.89. The summed E-state index contributed by atoms with van der Waals surface area (Å²) in [6.07, 6.45) is 0. The minimum absolute atomic E-state index is 0.216. The molecule has 0 aliphatic carbocycles. The molecule has 2 rings (SSSR count). The van der Waals surface area contributed by atoms with E-state index in [1.807, 2.05) is 6.07 Å². The van der Waals surface area contributed by atoms with E-state index in [0.717, 1.165) is 4.47 Å². The number of carbonyl (C=O) groups excluding carboxylic acids is 1. The van der Waals surface area contributed by atoms with Gasteiger partial charge in [-0.3, -0.25) is 4.90 Å². The fourth-order valence-corrected chi connectivity index (χ4v) is 2.72. The molecule has 2 amide bonds. The van der Waals surface area contributed by atoms with Gasteiger partial charge in [0.15, 0.2) is 0 Å². The van der Waals surface area contributed by atoms with E-state index in [-0.39, 0.29) is 24.3 Å². The number of benzene rings is 2. The number of ether oxygens (including phenoxy) is 1. The summed E-state index contributed by atoms with van der Waals surface area (Å²) in [5, 5.41) is 2.77. The fourth-order valence-electron chi connectivity index (χ4n) is 2.21. The molecule has 0 saturated heterocycles. The van der Waals surface area contributed by atoms with Gasteiger partial charge in [0.2, 0.25) is 0 Å². The van der Waals surface area contributed by atoms with Gasteiger partial charge in [-0.05, 0) is 35.9 Å². The average molecular weight is 416 g/mol. The first-order chi connectivity index (χ1) is 11.5. The number of nitrogens with one attached hydrogen (secondary N) is 1. The molecule has 7 heteroatoms. The molecule has 0 heterocycles. The van der Waals surface area contributed by atoms with Crippen LogP contribution in [0.25, 0.3) is 0 Å². The number of amides is 2. The monoisotopic (exact) mass is 414 g/mol. The molecule has 0 unspecified atom stereocenters. The molecule has 2 aromatic rings. The van der Waals surface area contributed by atoms with Gasteiger partial charge in [-0.15, -0.1) is 11.6 Å². The van der Waals surface area contributed by atoms with Gasteiger partial charge < -0.3 is 10.1 Å². The van der Waals surface area contributed by atoms with Crippen LogP contribution in [0.4, 0.5) is 14.9 Å². The summed E-state index contributed by atoms with van der Waals surface area (Å²) in [7, 11) is 1.54. The molecule has 4 nitrogen and oxygen atoms in total. The van der Waals surface area contributed by atoms with E-state index in [9.17, 15) is 9.18 Å². The maximum absolute atomic E-state index is 13.2. The van der Waals surface area contributed by atoms with Gasteiger partial charge in [0.05, 0.1) is 12.8 Å². The van der Waals surface area contributed by atoms with Gasteiger partial charge >= 0.3 is 6.03 Å². The highest BCUT2D eigenvalue weighted by atomic mass is 79.9. The SMILES string of the molecule is COc1cc(Br)ccc1N(CCCl)C(=O)NCc1cccc(F)c1. The zero-order chi connectivity index (χ0) is 17.5. The van der Waals surface area contributed by atoms with Gasteiger partial charge in [0, 0.05) is 23.4 Å². The van der Waals surface area contributed by atoms with E-state index < -0.39 is 0 Å². The van der Waals surface area contributed by atoms with Crippen molar-refractivity contribution < 1.29 is 13.9 Å². The van der Waals surface area contributed by atoms with Crippen LogP contribution in [-0.4, -0.2) is 25.6 Å². The third-order valence-electron chi connectivity index (χ3n) is 3.32. The molecule has 0 aliphatic rings. The molecule has 24 heavy (non-hydrogen) atoms. The second-order valence-electron chi connectivity index (χ2n) is 4.95. The van der Waals surface area contributed by atoms with E-state index in [4.69, 9.17) is 16.3 Å². The summed E-state index contributed by atoms with van der Waals surface area (Å²) in [5.41, 5.74) is 1.29. The summed E-state index contributed by atoms with van der Waals surface area (Å²) in [6, 6.07) is 11.1. The van der Waals surface area contributed by atoms with Crippen LogP contribution in [0.1, 0.15) is 5.56 Å². The molecule has 2 aromatic carbocycles. The van der Waals surface area contributed by atoms with Gasteiger partial charge in [0.25, 0.3) is 0 Å². The van der Waals surface area contributed by atoms with Crippen molar-refractivity contribution in [1.82, 2.24) is 5.32 Å². The number of halogens is 3. The molecule has 0 aromatic heterocycles. The third kappa shape index (κ3) is 4.85. The molecule has 0 saturated carbocycles. The zero-order valence-corrected chi connectivity index (χ0v) is 15.4. The Kier molecular flexibility index (Phi) is 6.87. The normalized spacial score (nSPS) is 10.3. The van der Waals surface area contributed by atoms with E-state index >= 15 is 0 Å². The highest BCUT2D eigenvalue weighted by molar-refractivity contribution is 9.10. The first kappa shape index (κ1) is 18.5. The molecular formula is C17H17BrClFN2O2. The molecule has 0 atom stereocenters. The van der Waals surface area contributed by atoms with E-state index in [2.05, 4.69) is 21.2 Å². The van der Waals surface area contributed by atoms with Crippen LogP contribution in [0.15, 0.2) is 46.9 Å². The van der Waals surface area contributed by atoms with Crippen LogP contribution in [0.3, 0.4) is 0 Å². The summed E-state index contributed by atoms with van der Waals surface area (Å²) >= 11 is 9.20. The van der Waals surface area contributed by atoms with E-state index in [1.54, 1.807) is 24.3 Å². The van der Waals surface area contributed by atoms with E-state index in [1.165, 1.54) is 24.1 Å². The number of methoxy groups -OCH3 is 1. The number of hydrogen-bond acceptors (Lipinski definition) is 2. The minimum atomic E-state index is -0.339. The van der Waals surface area contributed by atoms with Gasteiger partial charge in [0.1, 0.15) is 11.6 Å². The third-order valence-corrected chi connectivity index (χ3v) is 3.98. The maximum Gasteiger partial charge on any atom is 0.322 e. The quantitative estimate of drug-likeness (QED) is 0.703. The number of hydrogen-bond donors (Lipinski definition) is 1. The van der Waals surface area contributed by atoms with Crippen LogP contribution in [0.2, 0.25) is 0 Å². The smallest absolute Gasteiger partial charge is 0.322 e. The molecular weight excluding hydrogens is 399 g/mol. The van der Waals surface area contributed by atoms with Crippen molar-refractivity contribution in [2.75, 3.05) is 24.4 Å². The Morgan fingerprint density at radius 3 is 2.79 bits per heavy atom. The fraction of sp³-hybridized carbons (Fsp3) is 0.235. The van der Waals surface area contributed by atoms with Crippen LogP contribution < -0.4 is 15.0 Å². The zero-order valence-electron chi connectivity index (χ0n) is 13.1. The lowest BCUT2D eigenvalue weighted by atomic mass is 10.2. The van der Waals surface area contributed by atoms with Crippen molar-refractivity contribution in [3.05, 3.63) is 58.3 Å². The molecule has 0 bridgehead atoms. The van der Waals surface area contributed by atoms with Crippen LogP contribution in [-0.2, 0) is 6.54 Å². The molecule has 0 fully saturated rings. The van der Waals surface area contributed by atoms with Crippen molar-refractivity contribution in [2.24, 2.45) is 0 Å². The number of anilines is 1. The second-order valence-corrected chi connectivity index (χ2v) is 6.24. The van der Waals surface area contributed by atoms with Crippen LogP contribution in [0.5, 0.6) is 5.75 Å². The molecule has 1 N–H and O–H groups in total. The number of nitrogens with zero attached hydrogens (tertiary/aromatic N) is 1. The van der Waals surface area contributed by atoms with Crippen LogP contribution in [0, 0.1) is 5.82 Å². The highest BCUT2D eigenvalue weighted by Crippen LogP contribution is 2.31. The summed E-state index contributed by atoms with van der Waals surface area (Å²) in [4.78, 5) is 14.0.